The van der Waals surface area contributed by atoms with Gasteiger partial charge in [-0.2, -0.15) is 10.2 Å². The van der Waals surface area contributed by atoms with Gasteiger partial charge in [-0.25, -0.2) is 9.59 Å². The van der Waals surface area contributed by atoms with Gasteiger partial charge in [-0.3, -0.25) is 9.36 Å². The minimum atomic E-state index is -0.555. The molecule has 2 aromatic heterocycles. The average molecular weight is 471 g/mol. The molecular formula is C17H24BBrN4O6. The number of halogens is 1. The minimum Gasteiger partial charge on any atom is -0.464 e. The molecule has 1 aliphatic rings. The van der Waals surface area contributed by atoms with Gasteiger partial charge in [0.05, 0.1) is 24.9 Å². The highest BCUT2D eigenvalue weighted by Crippen LogP contribution is 2.21. The van der Waals surface area contributed by atoms with Crippen LogP contribution in [0.5, 0.6) is 0 Å². The molecule has 158 valence electrons. The molecule has 0 aliphatic carbocycles. The van der Waals surface area contributed by atoms with E-state index >= 15 is 0 Å². The molecule has 0 spiro atoms. The smallest absolute Gasteiger partial charge is 0.464 e. The van der Waals surface area contributed by atoms with Gasteiger partial charge in [0.15, 0.2) is 5.69 Å². The lowest BCUT2D eigenvalue weighted by atomic mass is 9.76. The molecule has 1 fully saturated rings. The summed E-state index contributed by atoms with van der Waals surface area (Å²) < 4.78 is 24.1. The second-order valence-electron chi connectivity index (χ2n) is 7.14. The van der Waals surface area contributed by atoms with Crippen molar-refractivity contribution in [2.45, 2.75) is 13.8 Å². The highest BCUT2D eigenvalue weighted by molar-refractivity contribution is 9.10. The predicted molar refractivity (Wildman–Crippen MR) is 108 cm³/mol. The van der Waals surface area contributed by atoms with Crippen LogP contribution < -0.4 is 5.46 Å². The van der Waals surface area contributed by atoms with E-state index in [4.69, 9.17) is 14.0 Å². The topological polar surface area (TPSA) is 107 Å². The van der Waals surface area contributed by atoms with Gasteiger partial charge in [-0.15, -0.1) is 0 Å². The van der Waals surface area contributed by atoms with Gasteiger partial charge in [-0.1, -0.05) is 13.8 Å². The van der Waals surface area contributed by atoms with Gasteiger partial charge in [0.1, 0.15) is 5.69 Å². The maximum Gasteiger partial charge on any atom is 0.498 e. The molecule has 0 bridgehead atoms. The number of aromatic nitrogens is 4. The normalized spacial score (nSPS) is 15.3. The lowest BCUT2D eigenvalue weighted by Gasteiger charge is -2.32. The number of aryl methyl sites for hydroxylation is 2. The molecule has 3 rings (SSSR count). The zero-order valence-corrected chi connectivity index (χ0v) is 18.8. The molecule has 0 unspecified atom stereocenters. The number of carbonyl (C=O) groups is 2. The summed E-state index contributed by atoms with van der Waals surface area (Å²) in [5.41, 5.74) is 1.39. The molecule has 0 amide bonds. The van der Waals surface area contributed by atoms with E-state index in [9.17, 15) is 9.59 Å². The van der Waals surface area contributed by atoms with E-state index in [0.717, 1.165) is 0 Å². The quantitative estimate of drug-likeness (QED) is 0.482. The Bertz CT molecular complexity index is 852. The molecule has 12 heteroatoms. The van der Waals surface area contributed by atoms with Gasteiger partial charge >= 0.3 is 19.1 Å². The van der Waals surface area contributed by atoms with Crippen LogP contribution in [0.4, 0.5) is 0 Å². The average Bonchev–Trinajstić information content (AvgIpc) is 3.23. The van der Waals surface area contributed by atoms with E-state index in [1.165, 1.54) is 23.6 Å². The number of rotatable bonds is 3. The first-order valence-electron chi connectivity index (χ1n) is 8.70. The number of carbonyl (C=O) groups excluding carboxylic acids is 2. The molecule has 3 heterocycles. The first-order valence-corrected chi connectivity index (χ1v) is 9.49. The van der Waals surface area contributed by atoms with Crippen LogP contribution in [-0.4, -0.2) is 66.1 Å². The number of nitrogens with zero attached hydrogens (tertiary/aromatic N) is 4. The van der Waals surface area contributed by atoms with Crippen LogP contribution in [0.3, 0.4) is 0 Å². The number of methoxy groups -OCH3 is 2. The Kier molecular flexibility index (Phi) is 7.61. The van der Waals surface area contributed by atoms with Gasteiger partial charge in [0.25, 0.3) is 0 Å². The van der Waals surface area contributed by atoms with Crippen molar-refractivity contribution in [3.63, 3.8) is 0 Å². The molecular weight excluding hydrogens is 447 g/mol. The third kappa shape index (κ3) is 5.46. The van der Waals surface area contributed by atoms with E-state index in [1.807, 2.05) is 0 Å². The van der Waals surface area contributed by atoms with Crippen LogP contribution in [0.25, 0.3) is 0 Å². The summed E-state index contributed by atoms with van der Waals surface area (Å²) in [5, 5.41) is 7.91. The third-order valence-corrected chi connectivity index (χ3v) is 4.70. The van der Waals surface area contributed by atoms with Crippen LogP contribution in [0.15, 0.2) is 16.9 Å². The Morgan fingerprint density at radius 3 is 2.00 bits per heavy atom. The zero-order chi connectivity index (χ0) is 21.8. The Hall–Kier alpha value is -2.18. The van der Waals surface area contributed by atoms with Gasteiger partial charge in [0, 0.05) is 44.4 Å². The van der Waals surface area contributed by atoms with Gasteiger partial charge in [-0.05, 0) is 15.9 Å². The lowest BCUT2D eigenvalue weighted by Crippen LogP contribution is -2.48. The molecule has 0 N–H and O–H groups in total. The Morgan fingerprint density at radius 2 is 1.52 bits per heavy atom. The fourth-order valence-electron chi connectivity index (χ4n) is 2.58. The Morgan fingerprint density at radius 1 is 1.03 bits per heavy atom. The van der Waals surface area contributed by atoms with Crippen molar-refractivity contribution in [3.8, 4) is 0 Å². The SMILES string of the molecule is COC(=O)c1c(B2OCC(C)(C)CO2)cnn1C.COC(=O)c1c(Br)cnn1C. The van der Waals surface area contributed by atoms with Crippen LogP contribution in [0, 0.1) is 5.41 Å². The Balaban J connectivity index is 0.000000234. The second kappa shape index (κ2) is 9.55. The number of hydrogen-bond donors (Lipinski definition) is 0. The number of ether oxygens (including phenoxy) is 2. The van der Waals surface area contributed by atoms with Crippen molar-refractivity contribution in [3.05, 3.63) is 28.3 Å². The van der Waals surface area contributed by atoms with Crippen LogP contribution in [-0.2, 0) is 32.9 Å². The van der Waals surface area contributed by atoms with Crippen molar-refractivity contribution in [2.24, 2.45) is 19.5 Å². The summed E-state index contributed by atoms with van der Waals surface area (Å²) >= 11 is 3.17. The molecule has 0 aromatic carbocycles. The number of hydrogen-bond acceptors (Lipinski definition) is 8. The predicted octanol–water partition coefficient (Wildman–Crippen LogP) is 0.944. The molecule has 0 radical (unpaired) electrons. The summed E-state index contributed by atoms with van der Waals surface area (Å²) in [6.07, 6.45) is 3.13. The first-order chi connectivity index (χ1) is 13.6. The minimum absolute atomic E-state index is 0.00978. The summed E-state index contributed by atoms with van der Waals surface area (Å²) in [6.45, 7) is 5.28. The van der Waals surface area contributed by atoms with E-state index in [-0.39, 0.29) is 5.41 Å². The van der Waals surface area contributed by atoms with E-state index in [2.05, 4.69) is 44.7 Å². The molecule has 1 saturated heterocycles. The summed E-state index contributed by atoms with van der Waals surface area (Å²) in [4.78, 5) is 22.7. The van der Waals surface area contributed by atoms with Gasteiger partial charge < -0.3 is 18.8 Å². The van der Waals surface area contributed by atoms with Crippen LogP contribution in [0.1, 0.15) is 34.8 Å². The van der Waals surface area contributed by atoms with Crippen LogP contribution >= 0.6 is 15.9 Å². The van der Waals surface area contributed by atoms with E-state index in [1.54, 1.807) is 26.5 Å². The summed E-state index contributed by atoms with van der Waals surface area (Å²) in [6, 6.07) is 0. The lowest BCUT2D eigenvalue weighted by molar-refractivity contribution is 0.0339. The molecule has 10 nitrogen and oxygen atoms in total. The molecule has 1 aliphatic heterocycles. The fourth-order valence-corrected chi connectivity index (χ4v) is 3.09. The summed E-state index contributed by atoms with van der Waals surface area (Å²) in [5.74, 6) is -0.834. The van der Waals surface area contributed by atoms with Crippen LogP contribution in [0.2, 0.25) is 0 Å². The molecule has 0 saturated carbocycles. The monoisotopic (exact) mass is 470 g/mol. The molecule has 2 aromatic rings. The maximum atomic E-state index is 11.7. The maximum absolute atomic E-state index is 11.7. The molecule has 29 heavy (non-hydrogen) atoms. The van der Waals surface area contributed by atoms with Crippen molar-refractivity contribution in [1.82, 2.24) is 19.6 Å². The van der Waals surface area contributed by atoms with Crippen molar-refractivity contribution < 1.29 is 28.4 Å². The first kappa shape index (κ1) is 23.1. The molecule has 0 atom stereocenters. The second-order valence-corrected chi connectivity index (χ2v) is 7.99. The highest BCUT2D eigenvalue weighted by Gasteiger charge is 2.37. The van der Waals surface area contributed by atoms with Gasteiger partial charge in [0.2, 0.25) is 0 Å². The highest BCUT2D eigenvalue weighted by atomic mass is 79.9. The number of esters is 2. The van der Waals surface area contributed by atoms with Crippen molar-refractivity contribution in [1.29, 1.82) is 0 Å². The van der Waals surface area contributed by atoms with Crippen molar-refractivity contribution in [2.75, 3.05) is 27.4 Å². The summed E-state index contributed by atoms with van der Waals surface area (Å²) in [7, 11) is 5.48. The standard InChI is InChI=1S/C11H17BN2O4.C6H7BrN2O2/c1-11(2)6-17-12(18-7-11)8-5-13-14(3)9(8)10(15)16-4;1-9-5(6(10)11-2)4(7)3-8-9/h5H,6-7H2,1-4H3;3H,1-2H3. The van der Waals surface area contributed by atoms with E-state index in [0.29, 0.717) is 34.5 Å². The van der Waals surface area contributed by atoms with E-state index < -0.39 is 19.1 Å². The zero-order valence-electron chi connectivity index (χ0n) is 17.3. The fraction of sp³-hybridized carbons (Fsp3) is 0.529. The largest absolute Gasteiger partial charge is 0.498 e. The third-order valence-electron chi connectivity index (χ3n) is 4.12. The van der Waals surface area contributed by atoms with Crippen molar-refractivity contribution >= 4 is 40.4 Å². The Labute approximate surface area is 177 Å².